The molecule has 0 aliphatic rings. The number of hydrogen-bond donors (Lipinski definition) is 2. The monoisotopic (exact) mass is 1260 g/mol. The molecule has 0 rings (SSSR count). The molecule has 0 radical (unpaired) electrons. The van der Waals surface area contributed by atoms with Crippen LogP contribution in [0.5, 0.6) is 0 Å². The smallest absolute Gasteiger partial charge is 0.462 e. The molecule has 0 spiro atoms. The van der Waals surface area contributed by atoms with Crippen molar-refractivity contribution in [3.8, 4) is 0 Å². The van der Waals surface area contributed by atoms with E-state index in [2.05, 4.69) is 135 Å². The Morgan fingerprint density at radius 2 is 0.584 bits per heavy atom. The molecular weight excluding hydrogens is 1120 g/mol. The predicted octanol–water partition coefficient (Wildman–Crippen LogP) is 24.6. The van der Waals surface area contributed by atoms with Crippen molar-refractivity contribution in [2.24, 2.45) is 5.73 Å². The molecule has 0 fully saturated rings. The molecule has 0 bridgehead atoms. The SMILES string of the molecule is CC/C=C\C/C=C\C/C=C\C/C=C\C/C=C\CCCCCCCCCCCCCCCCCCCCCCCC(=O)OC(COC(=O)CCCCCCCCCCCCCCCCC/C=C\C/C=C\C/C=C\C/C=C\C/C=C\CC)COP(=O)(O)OCCN. The van der Waals surface area contributed by atoms with Gasteiger partial charge < -0.3 is 20.1 Å². The lowest BCUT2D eigenvalue weighted by Gasteiger charge is -2.19. The van der Waals surface area contributed by atoms with E-state index in [9.17, 15) is 19.0 Å². The van der Waals surface area contributed by atoms with E-state index >= 15 is 0 Å². The van der Waals surface area contributed by atoms with Crippen molar-refractivity contribution < 1.29 is 37.6 Å². The van der Waals surface area contributed by atoms with Crippen molar-refractivity contribution >= 4 is 19.8 Å². The van der Waals surface area contributed by atoms with Gasteiger partial charge in [0.2, 0.25) is 0 Å². The van der Waals surface area contributed by atoms with Crippen LogP contribution in [0.25, 0.3) is 0 Å². The standard InChI is InChI=1S/C79H138NO8P/c1-3-5-7-9-11-13-15-17-19-21-23-25-27-29-31-33-35-36-37-38-39-40-42-44-46-48-50-52-54-56-58-60-62-64-66-68-70-72-79(82)88-77(76-87-89(83,84)86-74-73-80)75-85-78(81)71-69-67-65-63-61-59-57-55-53-51-49-47-45-43-41-34-32-30-28-26-24-22-20-18-16-14-12-10-8-6-4-2/h5-8,11-14,17-20,23-26,29-32,77H,3-4,9-10,15-16,21-22,27-28,33-76,80H2,1-2H3,(H,83,84)/b7-5-,8-6-,13-11-,14-12-,19-17-,20-18-,25-23-,26-24-,31-29-,32-30-. The maximum Gasteiger partial charge on any atom is 0.472 e. The van der Waals surface area contributed by atoms with Gasteiger partial charge in [-0.2, -0.15) is 0 Å². The van der Waals surface area contributed by atoms with Gasteiger partial charge in [-0.05, 0) is 103 Å². The summed E-state index contributed by atoms with van der Waals surface area (Å²) >= 11 is 0. The predicted molar refractivity (Wildman–Crippen MR) is 385 cm³/mol. The summed E-state index contributed by atoms with van der Waals surface area (Å²) in [6.07, 6.45) is 103. The van der Waals surface area contributed by atoms with Crippen molar-refractivity contribution in [2.45, 2.75) is 341 Å². The second kappa shape index (κ2) is 73.5. The van der Waals surface area contributed by atoms with Gasteiger partial charge in [0.1, 0.15) is 6.61 Å². The third-order valence-corrected chi connectivity index (χ3v) is 16.8. The van der Waals surface area contributed by atoms with Gasteiger partial charge in [-0.1, -0.05) is 341 Å². The van der Waals surface area contributed by atoms with Crippen LogP contribution in [0, 0.1) is 0 Å². The first-order valence-electron chi connectivity index (χ1n) is 37.0. The van der Waals surface area contributed by atoms with Crippen LogP contribution in [0.2, 0.25) is 0 Å². The number of phosphoric ester groups is 1. The summed E-state index contributed by atoms with van der Waals surface area (Å²) in [4.78, 5) is 35.4. The van der Waals surface area contributed by atoms with Crippen LogP contribution in [-0.2, 0) is 32.7 Å². The number of unbranched alkanes of at least 4 members (excludes halogenated alkanes) is 36. The van der Waals surface area contributed by atoms with E-state index in [1.807, 2.05) is 0 Å². The molecule has 9 nitrogen and oxygen atoms in total. The Morgan fingerprint density at radius 1 is 0.337 bits per heavy atom. The van der Waals surface area contributed by atoms with Crippen molar-refractivity contribution in [3.05, 3.63) is 122 Å². The minimum absolute atomic E-state index is 0.0513. The van der Waals surface area contributed by atoms with E-state index in [0.29, 0.717) is 6.42 Å². The number of phosphoric acid groups is 1. The number of allylic oxidation sites excluding steroid dienone is 20. The summed E-state index contributed by atoms with van der Waals surface area (Å²) in [5.74, 6) is -0.817. The molecule has 0 saturated heterocycles. The highest BCUT2D eigenvalue weighted by atomic mass is 31.2. The van der Waals surface area contributed by atoms with Gasteiger partial charge in [0.05, 0.1) is 13.2 Å². The molecule has 0 aromatic rings. The van der Waals surface area contributed by atoms with Crippen molar-refractivity contribution in [3.63, 3.8) is 0 Å². The maximum absolute atomic E-state index is 12.8. The first kappa shape index (κ1) is 85.4. The number of nitrogens with two attached hydrogens (primary N) is 1. The Kier molecular flexibility index (Phi) is 70.5. The zero-order valence-electron chi connectivity index (χ0n) is 57.6. The van der Waals surface area contributed by atoms with E-state index in [0.717, 1.165) is 103 Å². The molecule has 0 amide bonds. The highest BCUT2D eigenvalue weighted by molar-refractivity contribution is 7.47. The largest absolute Gasteiger partial charge is 0.472 e. The maximum atomic E-state index is 12.8. The fourth-order valence-electron chi connectivity index (χ4n) is 10.5. The Labute approximate surface area is 549 Å². The lowest BCUT2D eigenvalue weighted by Crippen LogP contribution is -2.29. The highest BCUT2D eigenvalue weighted by Crippen LogP contribution is 2.43. The first-order valence-corrected chi connectivity index (χ1v) is 38.5. The van der Waals surface area contributed by atoms with Crippen LogP contribution in [-0.4, -0.2) is 49.3 Å². The van der Waals surface area contributed by atoms with E-state index in [4.69, 9.17) is 24.3 Å². The quantitative estimate of drug-likeness (QED) is 0.0264. The van der Waals surface area contributed by atoms with Crippen molar-refractivity contribution in [1.82, 2.24) is 0 Å². The lowest BCUT2D eigenvalue weighted by molar-refractivity contribution is -0.161. The Morgan fingerprint density at radius 3 is 0.865 bits per heavy atom. The summed E-state index contributed by atoms with van der Waals surface area (Å²) in [6.45, 7) is 3.55. The van der Waals surface area contributed by atoms with Gasteiger partial charge in [-0.25, -0.2) is 4.57 Å². The molecule has 0 aromatic carbocycles. The molecule has 0 saturated carbocycles. The average molecular weight is 1260 g/mol. The van der Waals surface area contributed by atoms with Gasteiger partial charge in [0.15, 0.2) is 6.10 Å². The Hall–Kier alpha value is -3.59. The normalized spacial score (nSPS) is 13.6. The first-order chi connectivity index (χ1) is 43.8. The third kappa shape index (κ3) is 73.3. The van der Waals surface area contributed by atoms with Crippen LogP contribution in [0.15, 0.2) is 122 Å². The van der Waals surface area contributed by atoms with E-state index in [1.54, 1.807) is 0 Å². The lowest BCUT2D eigenvalue weighted by atomic mass is 10.0. The summed E-state index contributed by atoms with van der Waals surface area (Å²) in [6, 6.07) is 0. The fraction of sp³-hybridized carbons (Fsp3) is 0.722. The minimum Gasteiger partial charge on any atom is -0.462 e. The fourth-order valence-corrected chi connectivity index (χ4v) is 11.2. The molecular formula is C79H138NO8P. The van der Waals surface area contributed by atoms with Gasteiger partial charge >= 0.3 is 19.8 Å². The molecule has 0 aromatic heterocycles. The molecule has 10 heteroatoms. The Balaban J connectivity index is 3.83. The molecule has 2 unspecified atom stereocenters. The summed E-state index contributed by atoms with van der Waals surface area (Å²) < 4.78 is 33.2. The second-order valence-corrected chi connectivity index (χ2v) is 25.9. The van der Waals surface area contributed by atoms with Crippen molar-refractivity contribution in [2.75, 3.05) is 26.4 Å². The van der Waals surface area contributed by atoms with Crippen LogP contribution < -0.4 is 5.73 Å². The number of carbonyl (C=O) groups excluding carboxylic acids is 2. The van der Waals surface area contributed by atoms with E-state index < -0.39 is 26.5 Å². The number of rotatable bonds is 69. The van der Waals surface area contributed by atoms with E-state index in [1.165, 1.54) is 199 Å². The summed E-state index contributed by atoms with van der Waals surface area (Å²) in [5, 5.41) is 0. The van der Waals surface area contributed by atoms with Crippen LogP contribution in [0.1, 0.15) is 335 Å². The molecule has 0 aliphatic heterocycles. The summed E-state index contributed by atoms with van der Waals surface area (Å²) in [5.41, 5.74) is 5.41. The van der Waals surface area contributed by atoms with Gasteiger partial charge in [-0.3, -0.25) is 18.6 Å². The van der Waals surface area contributed by atoms with Gasteiger partial charge in [-0.15, -0.1) is 0 Å². The third-order valence-electron chi connectivity index (χ3n) is 15.8. The van der Waals surface area contributed by atoms with Crippen LogP contribution >= 0.6 is 7.82 Å². The van der Waals surface area contributed by atoms with Gasteiger partial charge in [0, 0.05) is 19.4 Å². The minimum atomic E-state index is -4.40. The number of hydrogen-bond acceptors (Lipinski definition) is 8. The topological polar surface area (TPSA) is 134 Å². The van der Waals surface area contributed by atoms with Gasteiger partial charge in [0.25, 0.3) is 0 Å². The molecule has 0 heterocycles. The number of carbonyl (C=O) groups is 2. The summed E-state index contributed by atoms with van der Waals surface area (Å²) in [7, 11) is -4.40. The van der Waals surface area contributed by atoms with Crippen LogP contribution in [0.4, 0.5) is 0 Å². The highest BCUT2D eigenvalue weighted by Gasteiger charge is 2.26. The molecule has 512 valence electrons. The Bertz CT molecular complexity index is 1880. The molecule has 0 aliphatic carbocycles. The number of ether oxygens (including phenoxy) is 2. The molecule has 2 atom stereocenters. The molecule has 3 N–H and O–H groups in total. The molecule has 89 heavy (non-hydrogen) atoms. The number of esters is 2. The van der Waals surface area contributed by atoms with E-state index in [-0.39, 0.29) is 38.6 Å². The van der Waals surface area contributed by atoms with Crippen LogP contribution in [0.3, 0.4) is 0 Å². The average Bonchev–Trinajstić information content (AvgIpc) is 3.68. The second-order valence-electron chi connectivity index (χ2n) is 24.4. The zero-order chi connectivity index (χ0) is 64.4. The van der Waals surface area contributed by atoms with Crippen molar-refractivity contribution in [1.29, 1.82) is 0 Å². The zero-order valence-corrected chi connectivity index (χ0v) is 58.5.